The molecule has 5 saturated heterocycles. The Labute approximate surface area is 429 Å². The predicted molar refractivity (Wildman–Crippen MR) is 280 cm³/mol. The lowest BCUT2D eigenvalue weighted by atomic mass is 10.0. The van der Waals surface area contributed by atoms with Crippen molar-refractivity contribution in [3.05, 3.63) is 0 Å². The highest BCUT2D eigenvalue weighted by atomic mass is 28.6. The maximum atomic E-state index is 14.4. The Morgan fingerprint density at radius 3 is 0.500 bits per heavy atom. The third kappa shape index (κ3) is 10.7. The fourth-order valence-corrected chi connectivity index (χ4v) is 63.0. The zero-order chi connectivity index (χ0) is 48.0. The van der Waals surface area contributed by atoms with Crippen LogP contribution in [0.3, 0.4) is 0 Å². The molecule has 5 heterocycles. The van der Waals surface area contributed by atoms with Crippen LogP contribution >= 0.6 is 0 Å². The molecule has 0 aromatic rings. The smallest absolute Gasteiger partial charge is 0.390 e. The molecule has 13 aliphatic rings. The fraction of sp³-hybridized carbons (Fsp3) is 1.00. The molecule has 0 aromatic carbocycles. The van der Waals surface area contributed by atoms with Crippen LogP contribution in [0.1, 0.15) is 257 Å². The lowest BCUT2D eigenvalue weighted by Gasteiger charge is -2.61. The maximum Gasteiger partial charge on any atom is 0.486 e. The summed E-state index contributed by atoms with van der Waals surface area (Å²) in [6, 6.07) is 0. The van der Waals surface area contributed by atoms with Gasteiger partial charge in [0.15, 0.2) is 0 Å². The molecule has 8 atom stereocenters. The fourth-order valence-electron chi connectivity index (χ4n) is 15.7. The van der Waals surface area contributed by atoms with Crippen molar-refractivity contribution in [2.45, 2.75) is 301 Å². The van der Waals surface area contributed by atoms with Crippen molar-refractivity contribution < 1.29 is 60.3 Å². The van der Waals surface area contributed by atoms with Crippen molar-refractivity contribution in [2.24, 2.45) is 0 Å². The second kappa shape index (κ2) is 22.1. The normalized spacial score (nSPS) is 45.4. The summed E-state index contributed by atoms with van der Waals surface area (Å²) >= 11 is 0. The molecule has 0 aromatic heterocycles. The summed E-state index contributed by atoms with van der Waals surface area (Å²) < 4.78 is 81.3. The molecule has 5 aliphatic heterocycles. The third-order valence-electron chi connectivity index (χ3n) is 19.8. The highest BCUT2D eigenvalue weighted by Crippen LogP contribution is 2.61. The van der Waals surface area contributed by atoms with Crippen LogP contribution in [0.15, 0.2) is 0 Å². The van der Waals surface area contributed by atoms with E-state index in [4.69, 9.17) is 41.2 Å². The van der Waals surface area contributed by atoms with Gasteiger partial charge >= 0.3 is 70.4 Å². The zero-order valence-corrected chi connectivity index (χ0v) is 50.8. The lowest BCUT2D eigenvalue weighted by Crippen LogP contribution is -2.84. The number of fused-ring (bicyclic) bond motifs is 4. The van der Waals surface area contributed by atoms with Gasteiger partial charge in [-0.15, -0.1) is 0 Å². The molecular weight excluding hydrogens is 1030 g/mol. The molecule has 0 amide bonds. The van der Waals surface area contributed by atoms with E-state index < -0.39 is 81.5 Å². The van der Waals surface area contributed by atoms with E-state index in [0.29, 0.717) is 25.7 Å². The first-order valence-electron chi connectivity index (χ1n) is 29.8. The molecule has 14 nitrogen and oxygen atoms in total. The first-order valence-corrected chi connectivity index (χ1v) is 44.4. The lowest BCUT2D eigenvalue weighted by molar-refractivity contribution is -0.0109. The molecule has 8 unspecified atom stereocenters. The van der Waals surface area contributed by atoms with Gasteiger partial charge in [0, 0.05) is 44.3 Å². The number of hydrogen-bond acceptors (Lipinski definition) is 14. The topological polar surface area (TPSA) is 173 Å². The zero-order valence-electron chi connectivity index (χ0n) is 42.8. The van der Waals surface area contributed by atoms with Gasteiger partial charge in [0.25, 0.3) is 0 Å². The van der Waals surface area contributed by atoms with Crippen LogP contribution in [-0.4, -0.2) is 89.6 Å². The molecule has 4 bridgehead atoms. The standard InChI is InChI=1S/C48H92O14Si8/c49-63(41-25-9-1-10-26-41)53-64(50,42-27-11-2-12-28-42)55-68(46-35-19-6-20-36-46)57-66(52,44-31-15-4-16-32-44)59-69(47-37-21-7-22-38-47)60-67(54-63,45-33-17-5-18-34-45)56-65(51,43-29-13-3-14-30-43)58-70(61-68,62-69)48-39-23-8-24-40-48/h41-52H,1-40H2. The Morgan fingerprint density at radius 1 is 0.171 bits per heavy atom. The van der Waals surface area contributed by atoms with Crippen LogP contribution in [-0.2, 0) is 41.2 Å². The highest BCUT2D eigenvalue weighted by molar-refractivity contribution is 6.99. The minimum atomic E-state index is -4.68. The predicted octanol–water partition coefficient (Wildman–Crippen LogP) is 12.3. The van der Waals surface area contributed by atoms with Gasteiger partial charge in [-0.1, -0.05) is 154 Å². The van der Waals surface area contributed by atoms with Crippen LogP contribution in [0.4, 0.5) is 0 Å². The van der Waals surface area contributed by atoms with Crippen LogP contribution in [0, 0.1) is 0 Å². The van der Waals surface area contributed by atoms with Crippen molar-refractivity contribution in [1.82, 2.24) is 0 Å². The molecule has 22 heteroatoms. The van der Waals surface area contributed by atoms with E-state index in [-0.39, 0.29) is 33.2 Å². The summed E-state index contributed by atoms with van der Waals surface area (Å²) in [5, 5.41) is 0. The van der Waals surface area contributed by atoms with Gasteiger partial charge in [-0.25, -0.2) is 0 Å². The average molecular weight is 1120 g/mol. The van der Waals surface area contributed by atoms with Crippen LogP contribution < -0.4 is 0 Å². The van der Waals surface area contributed by atoms with Crippen LogP contribution in [0.5, 0.6) is 0 Å². The minimum Gasteiger partial charge on any atom is -0.390 e. The largest absolute Gasteiger partial charge is 0.486 e. The number of hydrogen-bond donors (Lipinski definition) is 4. The SMILES string of the molecule is O[Si]1(C2CCCCC2)O[Si](O)(C2CCCCC2)O[Si]2(C3CCCCC3)O[Si](O)(C3CCCCC3)O[Si]3(C4CCCCC4)O[Si](C4CCCCC4)(O1)O[Si](O)(C1CCCCC1)O[Si](C1CCCCC1)(O2)O3. The first kappa shape index (κ1) is 53.2. The molecule has 400 valence electrons. The quantitative estimate of drug-likeness (QED) is 0.169. The van der Waals surface area contributed by atoms with Crippen molar-refractivity contribution >= 4 is 70.4 Å². The van der Waals surface area contributed by atoms with Gasteiger partial charge in [-0.05, 0) is 103 Å². The van der Waals surface area contributed by atoms with E-state index in [9.17, 15) is 19.2 Å². The van der Waals surface area contributed by atoms with E-state index in [1.165, 1.54) is 0 Å². The van der Waals surface area contributed by atoms with Crippen LogP contribution in [0.25, 0.3) is 0 Å². The Kier molecular flexibility index (Phi) is 16.8. The van der Waals surface area contributed by atoms with Gasteiger partial charge in [0.1, 0.15) is 0 Å². The second-order valence-electron chi connectivity index (χ2n) is 24.6. The molecule has 13 rings (SSSR count). The summed E-state index contributed by atoms with van der Waals surface area (Å²) in [4.78, 5) is 57.4. The first-order chi connectivity index (χ1) is 33.9. The number of rotatable bonds is 8. The molecule has 8 aliphatic carbocycles. The van der Waals surface area contributed by atoms with E-state index in [1.807, 2.05) is 0 Å². The molecule has 70 heavy (non-hydrogen) atoms. The minimum absolute atomic E-state index is 0.230. The summed E-state index contributed by atoms with van der Waals surface area (Å²) in [6.07, 6.45) is 35.4. The summed E-state index contributed by atoms with van der Waals surface area (Å²) in [5.74, 6) is 0. The Hall–Kier alpha value is 1.18. The van der Waals surface area contributed by atoms with Gasteiger partial charge in [0.05, 0.1) is 0 Å². The Balaban J connectivity index is 1.23. The van der Waals surface area contributed by atoms with Crippen molar-refractivity contribution in [3.63, 3.8) is 0 Å². The highest BCUT2D eigenvalue weighted by Gasteiger charge is 2.82. The third-order valence-corrected chi connectivity index (χ3v) is 55.5. The average Bonchev–Trinajstić information content (AvgIpc) is 3.39. The molecule has 0 spiro atoms. The molecular formula is C48H92O14Si8. The summed E-state index contributed by atoms with van der Waals surface area (Å²) in [7, 11) is -36.4. The van der Waals surface area contributed by atoms with E-state index >= 15 is 0 Å². The summed E-state index contributed by atoms with van der Waals surface area (Å²) in [5.41, 5.74) is -2.48. The maximum absolute atomic E-state index is 14.4. The van der Waals surface area contributed by atoms with Gasteiger partial charge in [-0.3, -0.25) is 0 Å². The molecule has 8 saturated carbocycles. The van der Waals surface area contributed by atoms with Crippen molar-refractivity contribution in [3.8, 4) is 0 Å². The molecule has 4 N–H and O–H groups in total. The van der Waals surface area contributed by atoms with Gasteiger partial charge in [0.2, 0.25) is 0 Å². The molecule has 0 radical (unpaired) electrons. The van der Waals surface area contributed by atoms with Crippen LogP contribution in [0.2, 0.25) is 44.3 Å². The van der Waals surface area contributed by atoms with Gasteiger partial charge in [-0.2, -0.15) is 0 Å². The van der Waals surface area contributed by atoms with Crippen molar-refractivity contribution in [1.29, 1.82) is 0 Å². The second-order valence-corrected chi connectivity index (χ2v) is 49.2. The Bertz CT molecular complexity index is 1600. The van der Waals surface area contributed by atoms with Gasteiger partial charge < -0.3 is 60.3 Å². The monoisotopic (exact) mass is 1120 g/mol. The van der Waals surface area contributed by atoms with E-state index in [1.54, 1.807) is 0 Å². The Morgan fingerprint density at radius 2 is 0.314 bits per heavy atom. The van der Waals surface area contributed by atoms with Crippen molar-refractivity contribution in [2.75, 3.05) is 0 Å². The summed E-state index contributed by atoms with van der Waals surface area (Å²) in [6.45, 7) is 0. The van der Waals surface area contributed by atoms with E-state index in [2.05, 4.69) is 0 Å². The van der Waals surface area contributed by atoms with E-state index in [0.717, 1.165) is 231 Å². The molecule has 13 fully saturated rings.